The standard InChI is InChI=1S/C21H21N3O2/c25-20-7-3-6-19-17-10-15(12-24(19)20)11-23(13-17)21(26)14-22-9-8-16-4-1-2-5-18(16)22/h1-9,15,17H,10-14H2/t15-,17+/m0/s1. The lowest BCUT2D eigenvalue weighted by Gasteiger charge is -2.42. The fourth-order valence-corrected chi connectivity index (χ4v) is 4.62. The van der Waals surface area contributed by atoms with E-state index in [2.05, 4.69) is 18.2 Å². The number of carbonyl (C=O) groups excluding carboxylic acids is 1. The van der Waals surface area contributed by atoms with Gasteiger partial charge in [-0.15, -0.1) is 0 Å². The summed E-state index contributed by atoms with van der Waals surface area (Å²) in [7, 11) is 0. The van der Waals surface area contributed by atoms with Crippen molar-refractivity contribution in [1.29, 1.82) is 0 Å². The number of likely N-dealkylation sites (tertiary alicyclic amines) is 1. The Morgan fingerprint density at radius 3 is 2.81 bits per heavy atom. The van der Waals surface area contributed by atoms with E-state index in [9.17, 15) is 9.59 Å². The van der Waals surface area contributed by atoms with E-state index in [1.54, 1.807) is 6.07 Å². The number of benzene rings is 1. The van der Waals surface area contributed by atoms with Crippen LogP contribution in [0, 0.1) is 5.92 Å². The third-order valence-electron chi connectivity index (χ3n) is 5.82. The summed E-state index contributed by atoms with van der Waals surface area (Å²) in [5.41, 5.74) is 2.25. The van der Waals surface area contributed by atoms with E-state index in [1.165, 1.54) is 0 Å². The van der Waals surface area contributed by atoms with Crippen molar-refractivity contribution in [2.45, 2.75) is 25.4 Å². The minimum absolute atomic E-state index is 0.0794. The number of rotatable bonds is 2. The molecule has 26 heavy (non-hydrogen) atoms. The Morgan fingerprint density at radius 1 is 1.00 bits per heavy atom. The molecule has 0 spiro atoms. The number of hydrogen-bond acceptors (Lipinski definition) is 2. The highest BCUT2D eigenvalue weighted by Gasteiger charge is 2.36. The lowest BCUT2D eigenvalue weighted by atomic mass is 9.83. The number of carbonyl (C=O) groups is 1. The van der Waals surface area contributed by atoms with Crippen molar-refractivity contribution >= 4 is 16.8 Å². The van der Waals surface area contributed by atoms with Gasteiger partial charge in [0.1, 0.15) is 6.54 Å². The molecule has 5 nitrogen and oxygen atoms in total. The third kappa shape index (κ3) is 2.46. The van der Waals surface area contributed by atoms with Crippen molar-refractivity contribution in [3.63, 3.8) is 0 Å². The van der Waals surface area contributed by atoms with Crippen LogP contribution in [0.4, 0.5) is 0 Å². The van der Waals surface area contributed by atoms with Gasteiger partial charge >= 0.3 is 0 Å². The van der Waals surface area contributed by atoms with Crippen molar-refractivity contribution < 1.29 is 4.79 Å². The van der Waals surface area contributed by atoms with Gasteiger partial charge in [0.05, 0.1) is 0 Å². The maximum Gasteiger partial charge on any atom is 0.250 e. The molecule has 1 amide bonds. The minimum Gasteiger partial charge on any atom is -0.340 e. The number of hydrogen-bond donors (Lipinski definition) is 0. The number of aromatic nitrogens is 2. The summed E-state index contributed by atoms with van der Waals surface area (Å²) in [4.78, 5) is 27.1. The highest BCUT2D eigenvalue weighted by molar-refractivity contribution is 5.83. The van der Waals surface area contributed by atoms with Gasteiger partial charge < -0.3 is 14.0 Å². The predicted octanol–water partition coefficient (Wildman–Crippen LogP) is 2.45. The van der Waals surface area contributed by atoms with Crippen LogP contribution in [-0.4, -0.2) is 33.0 Å². The highest BCUT2D eigenvalue weighted by atomic mass is 16.2. The summed E-state index contributed by atoms with van der Waals surface area (Å²) in [6.07, 6.45) is 3.06. The largest absolute Gasteiger partial charge is 0.340 e. The first-order valence-electron chi connectivity index (χ1n) is 9.20. The lowest BCUT2D eigenvalue weighted by molar-refractivity contribution is -0.134. The quantitative estimate of drug-likeness (QED) is 0.715. The van der Waals surface area contributed by atoms with E-state index in [0.717, 1.165) is 36.1 Å². The average molecular weight is 347 g/mol. The van der Waals surface area contributed by atoms with Crippen LogP contribution in [0.2, 0.25) is 0 Å². The fourth-order valence-electron chi connectivity index (χ4n) is 4.62. The second-order valence-corrected chi connectivity index (χ2v) is 7.50. The Labute approximate surface area is 151 Å². The SMILES string of the molecule is O=C(Cn1ccc2ccccc21)N1C[C@@H]2C[C@H](C1)c1cccc(=O)n1C2. The first-order chi connectivity index (χ1) is 12.7. The monoisotopic (exact) mass is 347 g/mol. The van der Waals surface area contributed by atoms with Gasteiger partial charge in [-0.05, 0) is 35.9 Å². The molecule has 1 aromatic carbocycles. The van der Waals surface area contributed by atoms with E-state index in [1.807, 2.05) is 44.5 Å². The van der Waals surface area contributed by atoms with Crippen molar-refractivity contribution in [3.8, 4) is 0 Å². The molecule has 1 saturated heterocycles. The average Bonchev–Trinajstić information content (AvgIpc) is 3.05. The van der Waals surface area contributed by atoms with Gasteiger partial charge in [0, 0.05) is 49.0 Å². The predicted molar refractivity (Wildman–Crippen MR) is 100 cm³/mol. The molecule has 2 bridgehead atoms. The summed E-state index contributed by atoms with van der Waals surface area (Å²) in [6.45, 7) is 2.55. The van der Waals surface area contributed by atoms with E-state index in [4.69, 9.17) is 0 Å². The molecule has 2 aliphatic heterocycles. The zero-order chi connectivity index (χ0) is 17.7. The Bertz CT molecular complexity index is 1050. The maximum absolute atomic E-state index is 13.0. The zero-order valence-corrected chi connectivity index (χ0v) is 14.5. The summed E-state index contributed by atoms with van der Waals surface area (Å²) >= 11 is 0. The van der Waals surface area contributed by atoms with Crippen LogP contribution < -0.4 is 5.56 Å². The van der Waals surface area contributed by atoms with Crippen molar-refractivity contribution in [2.75, 3.05) is 13.1 Å². The second-order valence-electron chi connectivity index (χ2n) is 7.50. The molecule has 5 rings (SSSR count). The molecule has 5 heteroatoms. The van der Waals surface area contributed by atoms with Crippen LogP contribution in [0.25, 0.3) is 10.9 Å². The number of amides is 1. The van der Waals surface area contributed by atoms with E-state index in [-0.39, 0.29) is 17.4 Å². The van der Waals surface area contributed by atoms with E-state index >= 15 is 0 Å². The molecule has 0 unspecified atom stereocenters. The molecule has 0 N–H and O–H groups in total. The molecule has 0 saturated carbocycles. The van der Waals surface area contributed by atoms with Gasteiger partial charge in [0.2, 0.25) is 5.91 Å². The number of pyridine rings is 1. The van der Waals surface area contributed by atoms with Gasteiger partial charge in [0.25, 0.3) is 5.56 Å². The molecule has 0 aliphatic carbocycles. The molecule has 2 atom stereocenters. The number of piperidine rings is 1. The molecule has 2 aromatic heterocycles. The van der Waals surface area contributed by atoms with Gasteiger partial charge in [-0.2, -0.15) is 0 Å². The Morgan fingerprint density at radius 2 is 1.88 bits per heavy atom. The van der Waals surface area contributed by atoms with E-state index in [0.29, 0.717) is 19.0 Å². The topological polar surface area (TPSA) is 47.2 Å². The number of fused-ring (bicyclic) bond motifs is 5. The first-order valence-corrected chi connectivity index (χ1v) is 9.20. The summed E-state index contributed by atoms with van der Waals surface area (Å²) in [5, 5.41) is 1.16. The highest BCUT2D eigenvalue weighted by Crippen LogP contribution is 2.35. The Kier molecular flexibility index (Phi) is 3.48. The van der Waals surface area contributed by atoms with Crippen molar-refractivity contribution in [1.82, 2.24) is 14.0 Å². The maximum atomic E-state index is 13.0. The van der Waals surface area contributed by atoms with Crippen LogP contribution in [0.15, 0.2) is 59.5 Å². The third-order valence-corrected chi connectivity index (χ3v) is 5.82. The summed E-state index contributed by atoms with van der Waals surface area (Å²) in [6, 6.07) is 15.7. The van der Waals surface area contributed by atoms with Crippen molar-refractivity contribution in [2.24, 2.45) is 5.92 Å². The molecule has 4 heterocycles. The lowest BCUT2D eigenvalue weighted by Crippen LogP contribution is -2.49. The molecule has 3 aromatic rings. The number of para-hydroxylation sites is 1. The van der Waals surface area contributed by atoms with E-state index < -0.39 is 0 Å². The van der Waals surface area contributed by atoms with Gasteiger partial charge in [-0.3, -0.25) is 9.59 Å². The van der Waals surface area contributed by atoms with Crippen LogP contribution in [0.5, 0.6) is 0 Å². The molecule has 2 aliphatic rings. The van der Waals surface area contributed by atoms with Crippen LogP contribution in [-0.2, 0) is 17.9 Å². The zero-order valence-electron chi connectivity index (χ0n) is 14.5. The number of nitrogens with zero attached hydrogens (tertiary/aromatic N) is 3. The normalized spacial score (nSPS) is 21.6. The van der Waals surface area contributed by atoms with Crippen molar-refractivity contribution in [3.05, 3.63) is 70.8 Å². The Balaban J connectivity index is 1.39. The second kappa shape index (κ2) is 5.87. The van der Waals surface area contributed by atoms with Crippen LogP contribution in [0.1, 0.15) is 18.0 Å². The first kappa shape index (κ1) is 15.4. The van der Waals surface area contributed by atoms with Gasteiger partial charge in [0.15, 0.2) is 0 Å². The van der Waals surface area contributed by atoms with Gasteiger partial charge in [-0.1, -0.05) is 24.3 Å². The van der Waals surface area contributed by atoms with Gasteiger partial charge in [-0.25, -0.2) is 0 Å². The minimum atomic E-state index is 0.0794. The Hall–Kier alpha value is -2.82. The molecule has 1 fully saturated rings. The smallest absolute Gasteiger partial charge is 0.250 e. The van der Waals surface area contributed by atoms with Crippen LogP contribution in [0.3, 0.4) is 0 Å². The molecule has 0 radical (unpaired) electrons. The molecular weight excluding hydrogens is 326 g/mol. The summed E-state index contributed by atoms with van der Waals surface area (Å²) in [5.74, 6) is 0.793. The summed E-state index contributed by atoms with van der Waals surface area (Å²) < 4.78 is 3.93. The van der Waals surface area contributed by atoms with Crippen LogP contribution >= 0.6 is 0 Å². The fraction of sp³-hybridized carbons (Fsp3) is 0.333. The molecule has 132 valence electrons. The molecular formula is C21H21N3O2.